The van der Waals surface area contributed by atoms with Crippen molar-refractivity contribution in [1.82, 2.24) is 15.1 Å². The first kappa shape index (κ1) is 20.8. The van der Waals surface area contributed by atoms with Crippen LogP contribution in [0.3, 0.4) is 0 Å². The first-order valence-electron chi connectivity index (χ1n) is 10.1. The van der Waals surface area contributed by atoms with E-state index in [0.29, 0.717) is 28.1 Å². The fraction of sp³-hybridized carbons (Fsp3) is 0.348. The second-order valence-corrected chi connectivity index (χ2v) is 8.25. The summed E-state index contributed by atoms with van der Waals surface area (Å²) in [5.41, 5.74) is 2.25. The SMILES string of the molecule is Cc1c(C(=O)NC[C@@H](c2ccc(Cl)cc2)N2CCN(C)CC2)oc2ccc(F)cc12. The third-order valence-corrected chi connectivity index (χ3v) is 6.05. The van der Waals surface area contributed by atoms with E-state index in [1.807, 2.05) is 24.3 Å². The van der Waals surface area contributed by atoms with Crippen LogP contribution in [-0.2, 0) is 0 Å². The zero-order chi connectivity index (χ0) is 21.3. The minimum atomic E-state index is -0.351. The lowest BCUT2D eigenvalue weighted by molar-refractivity contribution is 0.0864. The third kappa shape index (κ3) is 4.36. The number of nitrogens with one attached hydrogen (secondary N) is 1. The van der Waals surface area contributed by atoms with Gasteiger partial charge in [0.05, 0.1) is 6.04 Å². The normalized spacial score (nSPS) is 16.7. The summed E-state index contributed by atoms with van der Waals surface area (Å²) in [5, 5.41) is 4.33. The zero-order valence-corrected chi connectivity index (χ0v) is 17.9. The molecular weight excluding hydrogens is 405 g/mol. The van der Waals surface area contributed by atoms with Gasteiger partial charge in [0.2, 0.25) is 0 Å². The Bertz CT molecular complexity index is 1040. The number of carbonyl (C=O) groups is 1. The lowest BCUT2D eigenvalue weighted by atomic mass is 10.0. The smallest absolute Gasteiger partial charge is 0.287 e. The number of nitrogens with zero attached hydrogens (tertiary/aromatic N) is 2. The minimum absolute atomic E-state index is 0.0297. The fourth-order valence-electron chi connectivity index (χ4n) is 3.96. The van der Waals surface area contributed by atoms with Gasteiger partial charge in [0.15, 0.2) is 5.76 Å². The topological polar surface area (TPSA) is 48.7 Å². The molecule has 0 aliphatic carbocycles. The summed E-state index contributed by atoms with van der Waals surface area (Å²) >= 11 is 6.07. The van der Waals surface area contributed by atoms with Gasteiger partial charge in [-0.15, -0.1) is 0 Å². The first-order chi connectivity index (χ1) is 14.4. The van der Waals surface area contributed by atoms with Gasteiger partial charge in [0.25, 0.3) is 5.91 Å². The molecule has 0 radical (unpaired) electrons. The number of amides is 1. The summed E-state index contributed by atoms with van der Waals surface area (Å²) in [6.45, 7) is 6.01. The number of hydrogen-bond donors (Lipinski definition) is 1. The Hall–Kier alpha value is -2.41. The molecule has 2 heterocycles. The van der Waals surface area contributed by atoms with Crippen molar-refractivity contribution in [3.63, 3.8) is 0 Å². The van der Waals surface area contributed by atoms with E-state index in [4.69, 9.17) is 16.0 Å². The number of carbonyl (C=O) groups excluding carboxylic acids is 1. The number of rotatable bonds is 5. The van der Waals surface area contributed by atoms with E-state index in [0.717, 1.165) is 31.7 Å². The van der Waals surface area contributed by atoms with Gasteiger partial charge >= 0.3 is 0 Å². The van der Waals surface area contributed by atoms with Gasteiger partial charge in [-0.3, -0.25) is 9.69 Å². The van der Waals surface area contributed by atoms with Gasteiger partial charge in [-0.2, -0.15) is 0 Å². The van der Waals surface area contributed by atoms with Gasteiger partial charge in [0.1, 0.15) is 11.4 Å². The van der Waals surface area contributed by atoms with Gasteiger partial charge in [-0.1, -0.05) is 23.7 Å². The van der Waals surface area contributed by atoms with Crippen molar-refractivity contribution in [2.24, 2.45) is 0 Å². The monoisotopic (exact) mass is 429 g/mol. The Labute approximate surface area is 180 Å². The highest BCUT2D eigenvalue weighted by Crippen LogP contribution is 2.27. The molecule has 0 saturated carbocycles. The molecule has 1 atom stereocenters. The molecule has 30 heavy (non-hydrogen) atoms. The van der Waals surface area contributed by atoms with Crippen LogP contribution in [0.2, 0.25) is 5.02 Å². The van der Waals surface area contributed by atoms with Crippen LogP contribution in [-0.4, -0.2) is 55.5 Å². The van der Waals surface area contributed by atoms with E-state index in [1.54, 1.807) is 13.0 Å². The van der Waals surface area contributed by atoms with Crippen LogP contribution in [0, 0.1) is 12.7 Å². The number of piperazine rings is 1. The Morgan fingerprint density at radius 3 is 2.57 bits per heavy atom. The molecule has 1 saturated heterocycles. The van der Waals surface area contributed by atoms with E-state index in [2.05, 4.69) is 22.2 Å². The maximum absolute atomic E-state index is 13.6. The molecule has 7 heteroatoms. The Morgan fingerprint density at radius 1 is 1.17 bits per heavy atom. The van der Waals surface area contributed by atoms with Crippen LogP contribution in [0.25, 0.3) is 11.0 Å². The Balaban J connectivity index is 1.54. The van der Waals surface area contributed by atoms with Gasteiger partial charge in [0, 0.05) is 48.7 Å². The molecule has 1 aromatic heterocycles. The minimum Gasteiger partial charge on any atom is -0.451 e. The van der Waals surface area contributed by atoms with E-state index in [9.17, 15) is 9.18 Å². The molecule has 1 N–H and O–H groups in total. The molecule has 1 aliphatic heterocycles. The summed E-state index contributed by atoms with van der Waals surface area (Å²) in [6.07, 6.45) is 0. The molecule has 158 valence electrons. The molecule has 0 spiro atoms. The fourth-order valence-corrected chi connectivity index (χ4v) is 4.08. The van der Waals surface area contributed by atoms with Crippen molar-refractivity contribution in [1.29, 1.82) is 0 Å². The molecular formula is C23H25ClFN3O2. The highest BCUT2D eigenvalue weighted by atomic mass is 35.5. The summed E-state index contributed by atoms with van der Waals surface area (Å²) in [4.78, 5) is 17.6. The number of halogens is 2. The average molecular weight is 430 g/mol. The molecule has 1 fully saturated rings. The van der Waals surface area contributed by atoms with Crippen LogP contribution < -0.4 is 5.32 Å². The maximum Gasteiger partial charge on any atom is 0.287 e. The number of likely N-dealkylation sites (N-methyl/N-ethyl adjacent to an activating group) is 1. The Kier molecular flexibility index (Phi) is 6.09. The summed E-state index contributed by atoms with van der Waals surface area (Å²) < 4.78 is 19.3. The third-order valence-electron chi connectivity index (χ3n) is 5.79. The molecule has 3 aromatic rings. The predicted molar refractivity (Wildman–Crippen MR) is 117 cm³/mol. The molecule has 4 rings (SSSR count). The zero-order valence-electron chi connectivity index (χ0n) is 17.1. The molecule has 2 aromatic carbocycles. The summed E-state index contributed by atoms with van der Waals surface area (Å²) in [6, 6.07) is 12.1. The number of fused-ring (bicyclic) bond motifs is 1. The second-order valence-electron chi connectivity index (χ2n) is 7.81. The maximum atomic E-state index is 13.6. The lowest BCUT2D eigenvalue weighted by Gasteiger charge is -2.38. The van der Waals surface area contributed by atoms with Crippen molar-refractivity contribution < 1.29 is 13.6 Å². The summed E-state index contributed by atoms with van der Waals surface area (Å²) in [7, 11) is 2.11. The predicted octanol–water partition coefficient (Wildman–Crippen LogP) is 4.25. The molecule has 0 unspecified atom stereocenters. The van der Waals surface area contributed by atoms with E-state index >= 15 is 0 Å². The highest BCUT2D eigenvalue weighted by molar-refractivity contribution is 6.30. The second kappa shape index (κ2) is 8.76. The Morgan fingerprint density at radius 2 is 1.87 bits per heavy atom. The largest absolute Gasteiger partial charge is 0.451 e. The number of furan rings is 1. The van der Waals surface area contributed by atoms with Crippen molar-refractivity contribution in [3.8, 4) is 0 Å². The van der Waals surface area contributed by atoms with Crippen molar-refractivity contribution in [2.75, 3.05) is 39.8 Å². The van der Waals surface area contributed by atoms with Crippen molar-refractivity contribution >= 4 is 28.5 Å². The molecule has 5 nitrogen and oxygen atoms in total. The molecule has 1 aliphatic rings. The van der Waals surface area contributed by atoms with Crippen LogP contribution in [0.15, 0.2) is 46.9 Å². The molecule has 0 bridgehead atoms. The highest BCUT2D eigenvalue weighted by Gasteiger charge is 2.26. The van der Waals surface area contributed by atoms with Crippen molar-refractivity contribution in [2.45, 2.75) is 13.0 Å². The van der Waals surface area contributed by atoms with Gasteiger partial charge in [-0.25, -0.2) is 4.39 Å². The average Bonchev–Trinajstić information content (AvgIpc) is 3.06. The van der Waals surface area contributed by atoms with Gasteiger partial charge in [-0.05, 0) is 49.9 Å². The van der Waals surface area contributed by atoms with Gasteiger partial charge < -0.3 is 14.6 Å². The number of benzene rings is 2. The van der Waals surface area contributed by atoms with E-state index < -0.39 is 0 Å². The quantitative estimate of drug-likeness (QED) is 0.658. The van der Waals surface area contributed by atoms with Crippen molar-refractivity contribution in [3.05, 3.63) is 70.2 Å². The first-order valence-corrected chi connectivity index (χ1v) is 10.4. The number of hydrogen-bond acceptors (Lipinski definition) is 4. The summed E-state index contributed by atoms with van der Waals surface area (Å²) in [5.74, 6) is -0.419. The standard InChI is InChI=1S/C23H25ClFN3O2/c1-15-19-13-18(25)7-8-21(19)30-22(15)23(29)26-14-20(16-3-5-17(24)6-4-16)28-11-9-27(2)10-12-28/h3-8,13,20H,9-12,14H2,1-2H3,(H,26,29)/t20-/m0/s1. The molecule has 1 amide bonds. The number of aryl methyl sites for hydroxylation is 1. The van der Waals surface area contributed by atoms with Crippen LogP contribution in [0.1, 0.15) is 27.7 Å². The van der Waals surface area contributed by atoms with Crippen LogP contribution in [0.5, 0.6) is 0 Å². The van der Waals surface area contributed by atoms with Crippen LogP contribution >= 0.6 is 11.6 Å². The van der Waals surface area contributed by atoms with Crippen LogP contribution in [0.4, 0.5) is 4.39 Å². The van der Waals surface area contributed by atoms with E-state index in [-0.39, 0.29) is 23.5 Å². The van der Waals surface area contributed by atoms with E-state index in [1.165, 1.54) is 12.1 Å². The lowest BCUT2D eigenvalue weighted by Crippen LogP contribution is -2.48.